The lowest BCUT2D eigenvalue weighted by atomic mass is 10.1. The molecule has 0 aliphatic heterocycles. The van der Waals surface area contributed by atoms with Gasteiger partial charge in [0.05, 0.1) is 39.9 Å². The summed E-state index contributed by atoms with van der Waals surface area (Å²) < 4.78 is 23.6. The van der Waals surface area contributed by atoms with Gasteiger partial charge in [-0.05, 0) is 83.5 Å². The van der Waals surface area contributed by atoms with Crippen molar-refractivity contribution in [3.05, 3.63) is 72.9 Å². The molecule has 9 heteroatoms. The molecule has 3 N–H and O–H groups in total. The Kier molecular flexibility index (Phi) is 42.7. The molecule has 0 aliphatic carbocycles. The fourth-order valence-electron chi connectivity index (χ4n) is 6.84. The predicted molar refractivity (Wildman–Crippen MR) is 267 cm³/mol. The summed E-state index contributed by atoms with van der Waals surface area (Å²) in [5, 5.41) is 13.8. The number of hydrogen-bond donors (Lipinski definition) is 3. The third kappa shape index (κ3) is 45.9. The summed E-state index contributed by atoms with van der Waals surface area (Å²) in [6.45, 7) is 4.75. The highest BCUT2D eigenvalue weighted by atomic mass is 31.2. The van der Waals surface area contributed by atoms with Gasteiger partial charge >= 0.3 is 7.82 Å². The number of rotatable bonds is 45. The Bertz CT molecular complexity index is 1240. The highest BCUT2D eigenvalue weighted by Gasteiger charge is 2.27. The zero-order valence-corrected chi connectivity index (χ0v) is 41.7. The van der Waals surface area contributed by atoms with Crippen LogP contribution in [0.4, 0.5) is 0 Å². The monoisotopic (exact) mass is 890 g/mol. The van der Waals surface area contributed by atoms with E-state index in [1.165, 1.54) is 116 Å². The lowest BCUT2D eigenvalue weighted by Crippen LogP contribution is -2.45. The Balaban J connectivity index is 4.45. The molecule has 0 aromatic heterocycles. The number of aliphatic hydroxyl groups excluding tert-OH is 1. The van der Waals surface area contributed by atoms with Crippen LogP contribution in [0.15, 0.2) is 72.9 Å². The fraction of sp³-hybridized carbons (Fsp3) is 0.755. The summed E-state index contributed by atoms with van der Waals surface area (Å²) >= 11 is 0. The number of carbonyl (C=O) groups is 1. The van der Waals surface area contributed by atoms with E-state index in [1.807, 2.05) is 27.2 Å². The first kappa shape index (κ1) is 59.9. The molecule has 3 atom stereocenters. The second kappa shape index (κ2) is 44.2. The van der Waals surface area contributed by atoms with E-state index in [1.54, 1.807) is 6.08 Å². The second-order valence-corrected chi connectivity index (χ2v) is 19.6. The van der Waals surface area contributed by atoms with E-state index in [0.29, 0.717) is 17.4 Å². The van der Waals surface area contributed by atoms with Crippen LogP contribution >= 0.6 is 7.82 Å². The minimum Gasteiger partial charge on any atom is -0.387 e. The molecule has 0 rings (SSSR count). The Labute approximate surface area is 383 Å². The number of carbonyl (C=O) groups excluding carboxylic acids is 1. The van der Waals surface area contributed by atoms with E-state index in [2.05, 4.69) is 79.9 Å². The largest absolute Gasteiger partial charge is 0.472 e. The van der Waals surface area contributed by atoms with Gasteiger partial charge in [0.25, 0.3) is 0 Å². The average Bonchev–Trinajstić information content (AvgIpc) is 3.23. The SMILES string of the molecule is CCCCCCC/C=C\C/C=C\C/C=C\CCCCCCCCC(=O)NC(COP(=O)(O)OCC[N+](C)(C)C)C(O)/C=C/CC/C=C/CC/C=C/CCCCCCCCCCC. The zero-order chi connectivity index (χ0) is 45.7. The number of amides is 1. The molecule has 0 bridgehead atoms. The molecular weight excluding hydrogens is 792 g/mol. The van der Waals surface area contributed by atoms with Gasteiger partial charge in [-0.3, -0.25) is 13.8 Å². The van der Waals surface area contributed by atoms with Crippen molar-refractivity contribution in [3.63, 3.8) is 0 Å². The Morgan fingerprint density at radius 2 is 0.935 bits per heavy atom. The van der Waals surface area contributed by atoms with Gasteiger partial charge in [0.2, 0.25) is 5.91 Å². The molecule has 360 valence electrons. The number of nitrogens with zero attached hydrogens (tertiary/aromatic N) is 1. The molecule has 0 heterocycles. The Morgan fingerprint density at radius 1 is 0.548 bits per heavy atom. The van der Waals surface area contributed by atoms with Gasteiger partial charge in [-0.2, -0.15) is 0 Å². The summed E-state index contributed by atoms with van der Waals surface area (Å²) in [5.74, 6) is -0.206. The molecule has 0 aromatic rings. The van der Waals surface area contributed by atoms with Crippen molar-refractivity contribution < 1.29 is 32.9 Å². The number of quaternary nitrogens is 1. The maximum Gasteiger partial charge on any atom is 0.472 e. The van der Waals surface area contributed by atoms with Crippen LogP contribution in [0.2, 0.25) is 0 Å². The molecule has 0 saturated heterocycles. The van der Waals surface area contributed by atoms with Gasteiger partial charge < -0.3 is 19.8 Å². The van der Waals surface area contributed by atoms with Gasteiger partial charge in [0.15, 0.2) is 0 Å². The number of hydrogen-bond acceptors (Lipinski definition) is 5. The molecule has 0 saturated carbocycles. The number of allylic oxidation sites excluding steroid dienone is 11. The molecule has 0 aliphatic rings. The van der Waals surface area contributed by atoms with Crippen LogP contribution in [0, 0.1) is 0 Å². The topological polar surface area (TPSA) is 105 Å². The van der Waals surface area contributed by atoms with E-state index < -0.39 is 20.0 Å². The summed E-state index contributed by atoms with van der Waals surface area (Å²) in [7, 11) is 1.53. The molecule has 3 unspecified atom stereocenters. The highest BCUT2D eigenvalue weighted by molar-refractivity contribution is 7.47. The van der Waals surface area contributed by atoms with Crippen molar-refractivity contribution in [2.45, 2.75) is 219 Å². The van der Waals surface area contributed by atoms with E-state index in [9.17, 15) is 19.4 Å². The average molecular weight is 890 g/mol. The van der Waals surface area contributed by atoms with Gasteiger partial charge in [-0.15, -0.1) is 0 Å². The van der Waals surface area contributed by atoms with Gasteiger partial charge in [-0.25, -0.2) is 4.57 Å². The molecule has 8 nitrogen and oxygen atoms in total. The minimum atomic E-state index is -4.36. The lowest BCUT2D eigenvalue weighted by molar-refractivity contribution is -0.870. The number of likely N-dealkylation sites (N-methyl/N-ethyl adjacent to an activating group) is 1. The highest BCUT2D eigenvalue weighted by Crippen LogP contribution is 2.43. The summed E-state index contributed by atoms with van der Waals surface area (Å²) in [6.07, 6.45) is 59.8. The first-order valence-corrected chi connectivity index (χ1v) is 26.8. The van der Waals surface area contributed by atoms with Crippen molar-refractivity contribution in [3.8, 4) is 0 Å². The molecular formula is C53H98N2O6P+. The van der Waals surface area contributed by atoms with Crippen LogP contribution in [0.3, 0.4) is 0 Å². The van der Waals surface area contributed by atoms with Crippen molar-refractivity contribution >= 4 is 13.7 Å². The molecule has 0 radical (unpaired) electrons. The number of nitrogens with one attached hydrogen (secondary N) is 1. The van der Waals surface area contributed by atoms with E-state index in [4.69, 9.17) is 9.05 Å². The number of aliphatic hydroxyl groups is 1. The van der Waals surface area contributed by atoms with Crippen LogP contribution in [0.25, 0.3) is 0 Å². The smallest absolute Gasteiger partial charge is 0.387 e. The first-order chi connectivity index (χ1) is 30.0. The normalized spacial score (nSPS) is 14.8. The van der Waals surface area contributed by atoms with Gasteiger partial charge in [-0.1, -0.05) is 189 Å². The maximum absolute atomic E-state index is 12.9. The fourth-order valence-corrected chi connectivity index (χ4v) is 7.58. The van der Waals surface area contributed by atoms with E-state index in [-0.39, 0.29) is 19.1 Å². The van der Waals surface area contributed by atoms with Crippen LogP contribution in [-0.2, 0) is 18.4 Å². The lowest BCUT2D eigenvalue weighted by Gasteiger charge is -2.25. The molecule has 62 heavy (non-hydrogen) atoms. The number of unbranched alkanes of at least 4 members (excludes halogenated alkanes) is 22. The molecule has 1 amide bonds. The quantitative estimate of drug-likeness (QED) is 0.0243. The first-order valence-electron chi connectivity index (χ1n) is 25.3. The van der Waals surface area contributed by atoms with Crippen molar-refractivity contribution in [1.29, 1.82) is 0 Å². The van der Waals surface area contributed by atoms with E-state index in [0.717, 1.165) is 70.6 Å². The zero-order valence-electron chi connectivity index (χ0n) is 40.8. The van der Waals surface area contributed by atoms with Crippen molar-refractivity contribution in [1.82, 2.24) is 5.32 Å². The predicted octanol–water partition coefficient (Wildman–Crippen LogP) is 14.8. The van der Waals surface area contributed by atoms with Gasteiger partial charge in [0.1, 0.15) is 13.2 Å². The summed E-state index contributed by atoms with van der Waals surface area (Å²) in [5.41, 5.74) is 0. The Hall–Kier alpha value is -2.06. The Morgan fingerprint density at radius 3 is 1.40 bits per heavy atom. The molecule has 0 aromatic carbocycles. The number of phosphoric ester groups is 1. The van der Waals surface area contributed by atoms with Crippen LogP contribution in [0.5, 0.6) is 0 Å². The van der Waals surface area contributed by atoms with E-state index >= 15 is 0 Å². The standard InChI is InChI=1S/C53H97N2O6P/c1-6-8-10-12-14-16-18-20-22-24-26-27-29-31-33-35-37-39-41-43-45-47-53(57)54-51(50-61-62(58,59)60-49-48-55(3,4)5)52(56)46-44-42-40-38-36-34-32-30-28-25-23-21-19-17-15-13-11-9-7-2/h18,20,24,26,28-31,36,38,44,46,51-52,56H,6-17,19,21-23,25,27,32-35,37,39-43,45,47-50H2,1-5H3,(H-,54,57,58,59)/p+1/b20-18-,26-24-,30-28+,31-29-,38-36+,46-44+. The third-order valence-electron chi connectivity index (χ3n) is 10.9. The van der Waals surface area contributed by atoms with Crippen LogP contribution in [-0.4, -0.2) is 73.4 Å². The van der Waals surface area contributed by atoms with Crippen LogP contribution in [0.1, 0.15) is 206 Å². The molecule has 0 fully saturated rings. The summed E-state index contributed by atoms with van der Waals surface area (Å²) in [4.78, 5) is 23.2. The van der Waals surface area contributed by atoms with Gasteiger partial charge in [0, 0.05) is 6.42 Å². The van der Waals surface area contributed by atoms with Crippen molar-refractivity contribution in [2.24, 2.45) is 0 Å². The molecule has 0 spiro atoms. The minimum absolute atomic E-state index is 0.0475. The van der Waals surface area contributed by atoms with Crippen molar-refractivity contribution in [2.75, 3.05) is 40.9 Å². The summed E-state index contributed by atoms with van der Waals surface area (Å²) in [6, 6.07) is -0.880. The third-order valence-corrected chi connectivity index (χ3v) is 11.9. The maximum atomic E-state index is 12.9. The van der Waals surface area contributed by atoms with Crippen LogP contribution < -0.4 is 5.32 Å². The second-order valence-electron chi connectivity index (χ2n) is 18.2. The number of phosphoric acid groups is 1.